The van der Waals surface area contributed by atoms with Gasteiger partial charge in [-0.05, 0) is 44.1 Å². The van der Waals surface area contributed by atoms with E-state index in [2.05, 4.69) is 27.9 Å². The molecule has 2 rings (SSSR count). The van der Waals surface area contributed by atoms with Gasteiger partial charge in [0.1, 0.15) is 0 Å². The highest BCUT2D eigenvalue weighted by atomic mass is 79.9. The fraction of sp³-hybridized carbons (Fsp3) is 1.00. The summed E-state index contributed by atoms with van der Waals surface area (Å²) in [5, 5.41) is 1.17. The zero-order chi connectivity index (χ0) is 10.7. The summed E-state index contributed by atoms with van der Waals surface area (Å²) < 4.78 is 5.52. The Balaban J connectivity index is 1.69. The third-order valence-electron chi connectivity index (χ3n) is 3.67. The Kier molecular flexibility index (Phi) is 4.08. The fourth-order valence-electron chi connectivity index (χ4n) is 2.54. The van der Waals surface area contributed by atoms with E-state index >= 15 is 0 Å². The minimum Gasteiger partial charge on any atom is -0.381 e. The van der Waals surface area contributed by atoms with Crippen LogP contribution in [0.1, 0.15) is 25.7 Å². The van der Waals surface area contributed by atoms with Crippen LogP contribution in [-0.2, 0) is 4.74 Å². The second-order valence-electron chi connectivity index (χ2n) is 5.41. The molecule has 0 bridgehead atoms. The van der Waals surface area contributed by atoms with E-state index in [1.165, 1.54) is 44.1 Å². The normalized spacial score (nSPS) is 29.4. The van der Waals surface area contributed by atoms with Crippen LogP contribution in [0.25, 0.3) is 0 Å². The van der Waals surface area contributed by atoms with Crippen molar-refractivity contribution in [1.82, 2.24) is 4.90 Å². The van der Waals surface area contributed by atoms with Gasteiger partial charge in [-0.25, -0.2) is 0 Å². The van der Waals surface area contributed by atoms with Crippen LogP contribution < -0.4 is 0 Å². The second kappa shape index (κ2) is 5.15. The van der Waals surface area contributed by atoms with Crippen LogP contribution in [0.4, 0.5) is 0 Å². The molecular formula is C12H22BrNO. The molecule has 0 aromatic rings. The Morgan fingerprint density at radius 1 is 1.47 bits per heavy atom. The van der Waals surface area contributed by atoms with Crippen molar-refractivity contribution < 1.29 is 4.74 Å². The van der Waals surface area contributed by atoms with Crippen molar-refractivity contribution in [2.24, 2.45) is 11.3 Å². The summed E-state index contributed by atoms with van der Waals surface area (Å²) in [6.45, 7) is 4.43. The molecule has 0 aromatic heterocycles. The summed E-state index contributed by atoms with van der Waals surface area (Å²) in [7, 11) is 2.26. The Morgan fingerprint density at radius 3 is 2.80 bits per heavy atom. The van der Waals surface area contributed by atoms with E-state index in [-0.39, 0.29) is 0 Å². The molecule has 1 saturated carbocycles. The maximum atomic E-state index is 5.52. The van der Waals surface area contributed by atoms with Crippen molar-refractivity contribution in [3.63, 3.8) is 0 Å². The lowest BCUT2D eigenvalue weighted by Gasteiger charge is -2.29. The zero-order valence-corrected chi connectivity index (χ0v) is 11.3. The molecule has 3 heteroatoms. The molecule has 2 aliphatic rings. The molecule has 1 aliphatic carbocycles. The van der Waals surface area contributed by atoms with Crippen LogP contribution >= 0.6 is 15.9 Å². The first-order valence-corrected chi connectivity index (χ1v) is 7.18. The van der Waals surface area contributed by atoms with Crippen LogP contribution in [0.5, 0.6) is 0 Å². The Bertz CT molecular complexity index is 200. The molecule has 1 unspecified atom stereocenters. The number of alkyl halides is 1. The molecule has 1 atom stereocenters. The predicted molar refractivity (Wildman–Crippen MR) is 66.5 cm³/mol. The van der Waals surface area contributed by atoms with Gasteiger partial charge < -0.3 is 9.64 Å². The average Bonchev–Trinajstić information content (AvgIpc) is 3.00. The molecule has 1 saturated heterocycles. The number of hydrogen-bond donors (Lipinski definition) is 0. The smallest absolute Gasteiger partial charge is 0.0506 e. The van der Waals surface area contributed by atoms with Gasteiger partial charge in [-0.2, -0.15) is 0 Å². The molecule has 0 aromatic carbocycles. The number of hydrogen-bond acceptors (Lipinski definition) is 2. The second-order valence-corrected chi connectivity index (χ2v) is 5.97. The van der Waals surface area contributed by atoms with Gasteiger partial charge in [0, 0.05) is 25.0 Å². The van der Waals surface area contributed by atoms with Crippen LogP contribution in [0.15, 0.2) is 0 Å². The first-order chi connectivity index (χ1) is 7.24. The quantitative estimate of drug-likeness (QED) is 0.715. The maximum absolute atomic E-state index is 5.52. The van der Waals surface area contributed by atoms with E-state index in [9.17, 15) is 0 Å². The highest BCUT2D eigenvalue weighted by Gasteiger charge is 2.42. The molecule has 0 spiro atoms. The molecule has 0 radical (unpaired) electrons. The topological polar surface area (TPSA) is 12.5 Å². The van der Waals surface area contributed by atoms with Gasteiger partial charge in [-0.1, -0.05) is 15.9 Å². The SMILES string of the molecule is CN(CC1CCCOC1)CC1(CBr)CC1. The molecule has 2 fully saturated rings. The minimum absolute atomic E-state index is 0.615. The molecular weight excluding hydrogens is 254 g/mol. The largest absolute Gasteiger partial charge is 0.381 e. The molecule has 0 N–H and O–H groups in total. The van der Waals surface area contributed by atoms with Gasteiger partial charge in [0.25, 0.3) is 0 Å². The third-order valence-corrected chi connectivity index (χ3v) is 4.86. The van der Waals surface area contributed by atoms with E-state index in [1.807, 2.05) is 0 Å². The summed E-state index contributed by atoms with van der Waals surface area (Å²) in [6, 6.07) is 0. The van der Waals surface area contributed by atoms with Crippen LogP contribution in [0.3, 0.4) is 0 Å². The van der Waals surface area contributed by atoms with Gasteiger partial charge >= 0.3 is 0 Å². The van der Waals surface area contributed by atoms with E-state index in [0.717, 1.165) is 19.1 Å². The van der Waals surface area contributed by atoms with E-state index in [4.69, 9.17) is 4.74 Å². The summed E-state index contributed by atoms with van der Waals surface area (Å²) in [6.07, 6.45) is 5.42. The molecule has 15 heavy (non-hydrogen) atoms. The lowest BCUT2D eigenvalue weighted by Crippen LogP contribution is -2.35. The van der Waals surface area contributed by atoms with E-state index in [0.29, 0.717) is 5.41 Å². The summed E-state index contributed by atoms with van der Waals surface area (Å²) in [5.74, 6) is 0.773. The molecule has 2 nitrogen and oxygen atoms in total. The third kappa shape index (κ3) is 3.43. The fourth-order valence-corrected chi connectivity index (χ4v) is 3.28. The van der Waals surface area contributed by atoms with Gasteiger partial charge in [0.2, 0.25) is 0 Å². The van der Waals surface area contributed by atoms with Crippen molar-refractivity contribution >= 4 is 15.9 Å². The van der Waals surface area contributed by atoms with Gasteiger partial charge in [-0.15, -0.1) is 0 Å². The minimum atomic E-state index is 0.615. The zero-order valence-electron chi connectivity index (χ0n) is 9.67. The van der Waals surface area contributed by atoms with Crippen molar-refractivity contribution in [2.45, 2.75) is 25.7 Å². The van der Waals surface area contributed by atoms with Gasteiger partial charge in [0.05, 0.1) is 6.61 Å². The lowest BCUT2D eigenvalue weighted by atomic mass is 10.0. The van der Waals surface area contributed by atoms with Crippen molar-refractivity contribution in [1.29, 1.82) is 0 Å². The molecule has 88 valence electrons. The average molecular weight is 276 g/mol. The van der Waals surface area contributed by atoms with Gasteiger partial charge in [0.15, 0.2) is 0 Å². The monoisotopic (exact) mass is 275 g/mol. The number of rotatable bonds is 5. The first-order valence-electron chi connectivity index (χ1n) is 6.06. The predicted octanol–water partition coefficient (Wildman–Crippen LogP) is 2.52. The highest BCUT2D eigenvalue weighted by molar-refractivity contribution is 9.09. The van der Waals surface area contributed by atoms with Crippen molar-refractivity contribution in [2.75, 3.05) is 38.7 Å². The Morgan fingerprint density at radius 2 is 2.27 bits per heavy atom. The molecule has 1 heterocycles. The summed E-state index contributed by atoms with van der Waals surface area (Å²) in [4.78, 5) is 2.51. The van der Waals surface area contributed by atoms with E-state index < -0.39 is 0 Å². The van der Waals surface area contributed by atoms with Crippen LogP contribution in [-0.4, -0.2) is 43.6 Å². The number of halogens is 1. The maximum Gasteiger partial charge on any atom is 0.0506 e. The Hall–Kier alpha value is 0.400. The summed E-state index contributed by atoms with van der Waals surface area (Å²) >= 11 is 3.64. The highest BCUT2D eigenvalue weighted by Crippen LogP contribution is 2.47. The molecule has 0 amide bonds. The van der Waals surface area contributed by atoms with Crippen molar-refractivity contribution in [3.05, 3.63) is 0 Å². The lowest BCUT2D eigenvalue weighted by molar-refractivity contribution is 0.0401. The van der Waals surface area contributed by atoms with Crippen LogP contribution in [0.2, 0.25) is 0 Å². The van der Waals surface area contributed by atoms with Crippen LogP contribution in [0, 0.1) is 11.3 Å². The Labute approximate surface area is 101 Å². The standard InChI is InChI=1S/C12H22BrNO/c1-14(10-12(9-13)4-5-12)7-11-3-2-6-15-8-11/h11H,2-10H2,1H3. The summed E-state index contributed by atoms with van der Waals surface area (Å²) in [5.41, 5.74) is 0.615. The number of nitrogens with zero attached hydrogens (tertiary/aromatic N) is 1. The molecule has 1 aliphatic heterocycles. The first kappa shape index (κ1) is 11.9. The number of ether oxygens (including phenoxy) is 1. The van der Waals surface area contributed by atoms with Crippen molar-refractivity contribution in [3.8, 4) is 0 Å². The van der Waals surface area contributed by atoms with E-state index in [1.54, 1.807) is 0 Å². The van der Waals surface area contributed by atoms with Gasteiger partial charge in [-0.3, -0.25) is 0 Å².